The van der Waals surface area contributed by atoms with E-state index in [4.69, 9.17) is 21.1 Å². The quantitative estimate of drug-likeness (QED) is 0.288. The number of ether oxygens (including phenoxy) is 2. The predicted octanol–water partition coefficient (Wildman–Crippen LogP) is 8.28. The van der Waals surface area contributed by atoms with E-state index in [-0.39, 0.29) is 0 Å². The van der Waals surface area contributed by atoms with E-state index in [0.29, 0.717) is 5.88 Å². The molecule has 0 N–H and O–H groups in total. The van der Waals surface area contributed by atoms with Crippen molar-refractivity contribution in [3.63, 3.8) is 0 Å². The Balaban J connectivity index is 1.80. The largest absolute Gasteiger partial charge is 0.493 e. The molecule has 0 amide bonds. The molecule has 0 saturated heterocycles. The molecule has 0 aromatic heterocycles. The molecule has 3 aromatic rings. The Labute approximate surface area is 204 Å². The summed E-state index contributed by atoms with van der Waals surface area (Å²) < 4.78 is 11.2. The number of alkyl halides is 1. The molecule has 1 heterocycles. The van der Waals surface area contributed by atoms with E-state index in [1.54, 1.807) is 14.2 Å². The van der Waals surface area contributed by atoms with Crippen molar-refractivity contribution in [1.82, 2.24) is 0 Å². The fourth-order valence-corrected chi connectivity index (χ4v) is 8.63. The number of benzene rings is 3. The number of methoxy groups -OCH3 is 2. The first-order valence-corrected chi connectivity index (χ1v) is 13.5. The topological polar surface area (TPSA) is 18.5 Å². The van der Waals surface area contributed by atoms with Gasteiger partial charge in [0.25, 0.3) is 0 Å². The van der Waals surface area contributed by atoms with Crippen molar-refractivity contribution in [1.29, 1.82) is 0 Å². The lowest BCUT2D eigenvalue weighted by atomic mass is 10.1. The first-order chi connectivity index (χ1) is 16.1. The summed E-state index contributed by atoms with van der Waals surface area (Å²) in [6, 6.07) is 26.0. The summed E-state index contributed by atoms with van der Waals surface area (Å²) in [6.07, 6.45) is 5.38. The van der Waals surface area contributed by atoms with Gasteiger partial charge in [-0.2, -0.15) is 0 Å². The third-order valence-corrected chi connectivity index (χ3v) is 10.3. The molecule has 0 saturated carbocycles. The number of hydrogen-bond donors (Lipinski definition) is 0. The van der Waals surface area contributed by atoms with E-state index in [1.165, 1.54) is 31.4 Å². The average Bonchev–Trinajstić information content (AvgIpc) is 3.24. The van der Waals surface area contributed by atoms with Crippen molar-refractivity contribution in [2.24, 2.45) is 0 Å². The SMILES string of the molecule is COc1ccc(S2(c3ccc(C)cc3)C=CC(CCl)=C2CCCc2ccccc2)cc1OC. The number of allylic oxidation sites excluding steroid dienone is 3. The van der Waals surface area contributed by atoms with E-state index in [9.17, 15) is 0 Å². The number of aryl methyl sites for hydroxylation is 2. The molecular weight excluding hydrogens is 448 g/mol. The van der Waals surface area contributed by atoms with Crippen LogP contribution in [0.1, 0.15) is 24.0 Å². The Bertz CT molecular complexity index is 1150. The van der Waals surface area contributed by atoms with Crippen LogP contribution in [0.5, 0.6) is 11.5 Å². The van der Waals surface area contributed by atoms with Crippen LogP contribution < -0.4 is 9.47 Å². The van der Waals surface area contributed by atoms with Crippen LogP contribution in [-0.2, 0) is 6.42 Å². The molecule has 33 heavy (non-hydrogen) atoms. The zero-order valence-corrected chi connectivity index (χ0v) is 21.1. The predicted molar refractivity (Wildman–Crippen MR) is 141 cm³/mol. The van der Waals surface area contributed by atoms with Crippen LogP contribution in [0.2, 0.25) is 0 Å². The van der Waals surface area contributed by atoms with E-state index in [2.05, 4.69) is 85.1 Å². The van der Waals surface area contributed by atoms with Gasteiger partial charge in [0, 0.05) is 15.7 Å². The van der Waals surface area contributed by atoms with Gasteiger partial charge in [0.05, 0.1) is 14.2 Å². The Morgan fingerprint density at radius 3 is 2.15 bits per heavy atom. The minimum Gasteiger partial charge on any atom is -0.493 e. The van der Waals surface area contributed by atoms with Gasteiger partial charge >= 0.3 is 0 Å². The summed E-state index contributed by atoms with van der Waals surface area (Å²) in [6.45, 7) is 2.13. The van der Waals surface area contributed by atoms with Gasteiger partial charge in [-0.25, -0.2) is 0 Å². The third kappa shape index (κ3) is 4.71. The molecule has 1 unspecified atom stereocenters. The fraction of sp³-hybridized carbons (Fsp3) is 0.241. The maximum absolute atomic E-state index is 6.49. The van der Waals surface area contributed by atoms with E-state index < -0.39 is 10.0 Å². The molecule has 1 aliphatic rings. The van der Waals surface area contributed by atoms with Gasteiger partial charge in [-0.15, -0.1) is 21.6 Å². The molecule has 0 radical (unpaired) electrons. The lowest BCUT2D eigenvalue weighted by Gasteiger charge is -2.39. The Morgan fingerprint density at radius 2 is 1.48 bits per heavy atom. The van der Waals surface area contributed by atoms with E-state index >= 15 is 0 Å². The summed E-state index contributed by atoms with van der Waals surface area (Å²) >= 11 is 6.49. The Kier molecular flexibility index (Phi) is 7.52. The molecular formula is C29H31ClO2S. The number of hydrogen-bond acceptors (Lipinski definition) is 2. The summed E-state index contributed by atoms with van der Waals surface area (Å²) in [7, 11) is 1.80. The zero-order chi connectivity index (χ0) is 23.3. The highest BCUT2D eigenvalue weighted by atomic mass is 35.5. The molecule has 4 heteroatoms. The first-order valence-electron chi connectivity index (χ1n) is 11.2. The molecule has 172 valence electrons. The van der Waals surface area contributed by atoms with Gasteiger partial charge in [0.2, 0.25) is 0 Å². The van der Waals surface area contributed by atoms with Crippen LogP contribution in [-0.4, -0.2) is 20.1 Å². The highest BCUT2D eigenvalue weighted by Gasteiger charge is 2.36. The normalized spacial score (nSPS) is 19.4. The third-order valence-electron chi connectivity index (χ3n) is 6.20. The number of halogens is 1. The van der Waals surface area contributed by atoms with Crippen molar-refractivity contribution in [3.8, 4) is 11.5 Å². The standard InChI is InChI=1S/C29H31ClO2S/c1-22-12-14-25(15-13-22)33(26-16-17-27(31-2)28(20-26)32-3)19-18-24(21-30)29(33)11-7-10-23-8-5-4-6-9-23/h4-6,8-9,12-20H,7,10-11,21H2,1-3H3. The molecule has 4 rings (SSSR count). The summed E-state index contributed by atoms with van der Waals surface area (Å²) in [5, 5.41) is 2.40. The molecule has 1 atom stereocenters. The maximum atomic E-state index is 6.49. The van der Waals surface area contributed by atoms with Crippen molar-refractivity contribution >= 4 is 21.6 Å². The van der Waals surface area contributed by atoms with Gasteiger partial charge in [-0.1, -0.05) is 54.1 Å². The molecule has 1 aliphatic heterocycles. The highest BCUT2D eigenvalue weighted by molar-refractivity contribution is 8.39. The molecule has 0 spiro atoms. The van der Waals surface area contributed by atoms with E-state index in [1.807, 2.05) is 6.07 Å². The molecule has 2 nitrogen and oxygen atoms in total. The van der Waals surface area contributed by atoms with Crippen LogP contribution in [0.4, 0.5) is 0 Å². The zero-order valence-electron chi connectivity index (χ0n) is 19.5. The van der Waals surface area contributed by atoms with Gasteiger partial charge in [0.15, 0.2) is 11.5 Å². The van der Waals surface area contributed by atoms with Crippen LogP contribution in [0.3, 0.4) is 0 Å². The lowest BCUT2D eigenvalue weighted by molar-refractivity contribution is 0.354. The summed E-state index contributed by atoms with van der Waals surface area (Å²) in [5.41, 5.74) is 3.88. The minimum atomic E-state index is -1.57. The van der Waals surface area contributed by atoms with Gasteiger partial charge in [-0.3, -0.25) is 0 Å². The smallest absolute Gasteiger partial charge is 0.161 e. The maximum Gasteiger partial charge on any atom is 0.161 e. The van der Waals surface area contributed by atoms with Gasteiger partial charge < -0.3 is 9.47 Å². The Hall–Kier alpha value is -2.62. The molecule has 3 aromatic carbocycles. The summed E-state index contributed by atoms with van der Waals surface area (Å²) in [4.78, 5) is 4.02. The molecule has 0 fully saturated rings. The van der Waals surface area contributed by atoms with Crippen molar-refractivity contribution in [2.75, 3.05) is 20.1 Å². The average molecular weight is 479 g/mol. The monoisotopic (exact) mass is 478 g/mol. The van der Waals surface area contributed by atoms with Crippen LogP contribution in [0.15, 0.2) is 105 Å². The van der Waals surface area contributed by atoms with Crippen molar-refractivity contribution in [2.45, 2.75) is 36.0 Å². The lowest BCUT2D eigenvalue weighted by Crippen LogP contribution is -2.04. The Morgan fingerprint density at radius 1 is 0.788 bits per heavy atom. The summed E-state index contributed by atoms with van der Waals surface area (Å²) in [5.74, 6) is 2.02. The molecule has 0 aliphatic carbocycles. The van der Waals surface area contributed by atoms with Gasteiger partial charge in [-0.05, 0) is 78.0 Å². The second-order valence-electron chi connectivity index (χ2n) is 8.21. The van der Waals surface area contributed by atoms with Crippen LogP contribution >= 0.6 is 21.6 Å². The molecule has 0 bridgehead atoms. The van der Waals surface area contributed by atoms with Crippen molar-refractivity contribution < 1.29 is 9.47 Å². The first kappa shape index (κ1) is 23.5. The van der Waals surface area contributed by atoms with Crippen LogP contribution in [0, 0.1) is 6.92 Å². The second-order valence-corrected chi connectivity index (χ2v) is 11.5. The highest BCUT2D eigenvalue weighted by Crippen LogP contribution is 2.74. The van der Waals surface area contributed by atoms with Gasteiger partial charge in [0.1, 0.15) is 0 Å². The van der Waals surface area contributed by atoms with Crippen molar-refractivity contribution in [3.05, 3.63) is 106 Å². The number of rotatable bonds is 9. The minimum absolute atomic E-state index is 0.519. The second kappa shape index (κ2) is 10.5. The van der Waals surface area contributed by atoms with E-state index in [0.717, 1.165) is 30.8 Å². The van der Waals surface area contributed by atoms with Crippen LogP contribution in [0.25, 0.3) is 0 Å². The fourth-order valence-electron chi connectivity index (χ4n) is 4.45.